The van der Waals surface area contributed by atoms with Crippen LogP contribution in [0, 0.1) is 5.41 Å². The minimum Gasteiger partial charge on any atom is -0.336 e. The van der Waals surface area contributed by atoms with Crippen molar-refractivity contribution >= 4 is 28.3 Å². The quantitative estimate of drug-likeness (QED) is 0.561. The van der Waals surface area contributed by atoms with Crippen molar-refractivity contribution in [2.45, 2.75) is 32.3 Å². The summed E-state index contributed by atoms with van der Waals surface area (Å²) in [5.41, 5.74) is 0.789. The van der Waals surface area contributed by atoms with Crippen LogP contribution in [-0.4, -0.2) is 26.4 Å². The summed E-state index contributed by atoms with van der Waals surface area (Å²) in [6, 6.07) is 14.4. The maximum Gasteiger partial charge on any atom is 0.210 e. The average molecular weight is 354 g/mol. The van der Waals surface area contributed by atoms with Crippen LogP contribution in [0.3, 0.4) is 0 Å². The topological polar surface area (TPSA) is 73.8 Å². The highest BCUT2D eigenvalue weighted by atomic mass is 32.2. The molecule has 0 saturated carbocycles. The summed E-state index contributed by atoms with van der Waals surface area (Å²) in [6.07, 6.45) is 0.596. The Bertz CT molecular complexity index is 906. The van der Waals surface area contributed by atoms with Crippen LogP contribution in [0.25, 0.3) is 10.8 Å². The van der Waals surface area contributed by atoms with Gasteiger partial charge in [-0.05, 0) is 16.3 Å². The maximum absolute atomic E-state index is 12.1. The van der Waals surface area contributed by atoms with E-state index in [0.29, 0.717) is 23.2 Å². The molecule has 5 nitrogen and oxygen atoms in total. The average Bonchev–Trinajstić information content (AvgIpc) is 2.92. The Morgan fingerprint density at radius 2 is 1.84 bits per heavy atom. The van der Waals surface area contributed by atoms with E-state index in [1.54, 1.807) is 0 Å². The number of carbonyl (C=O) groups is 1. The van der Waals surface area contributed by atoms with Crippen molar-refractivity contribution in [3.8, 4) is 0 Å². The van der Waals surface area contributed by atoms with Crippen LogP contribution in [-0.2, 0) is 11.2 Å². The number of fused-ring (bicyclic) bond motifs is 1. The van der Waals surface area contributed by atoms with Crippen LogP contribution in [0.2, 0.25) is 0 Å². The predicted molar refractivity (Wildman–Crippen MR) is 102 cm³/mol. The molecule has 0 aliphatic heterocycles. The Hall–Kier alpha value is -2.34. The molecule has 2 aromatic carbocycles. The summed E-state index contributed by atoms with van der Waals surface area (Å²) >= 11 is 1.33. The first-order valence-electron chi connectivity index (χ1n) is 8.18. The van der Waals surface area contributed by atoms with E-state index < -0.39 is 0 Å². The van der Waals surface area contributed by atoms with Crippen molar-refractivity contribution in [3.05, 3.63) is 53.9 Å². The molecule has 0 aliphatic rings. The number of carbonyl (C=O) groups excluding carboxylic acids is 1. The van der Waals surface area contributed by atoms with Gasteiger partial charge in [0.2, 0.25) is 5.16 Å². The Kier molecular flexibility index (Phi) is 4.81. The van der Waals surface area contributed by atoms with E-state index in [4.69, 9.17) is 5.84 Å². The van der Waals surface area contributed by atoms with E-state index in [9.17, 15) is 4.79 Å². The minimum absolute atomic E-state index is 0.163. The largest absolute Gasteiger partial charge is 0.336 e. The molecule has 25 heavy (non-hydrogen) atoms. The number of nitrogens with two attached hydrogens (primary N) is 1. The molecule has 0 unspecified atom stereocenters. The van der Waals surface area contributed by atoms with Crippen LogP contribution >= 0.6 is 11.8 Å². The van der Waals surface area contributed by atoms with Crippen LogP contribution in [0.15, 0.2) is 47.6 Å². The lowest BCUT2D eigenvalue weighted by Gasteiger charge is -2.15. The third-order valence-corrected chi connectivity index (χ3v) is 5.08. The zero-order chi connectivity index (χ0) is 18.0. The second kappa shape index (κ2) is 6.88. The summed E-state index contributed by atoms with van der Waals surface area (Å²) in [7, 11) is 0. The molecule has 1 aromatic heterocycles. The molecule has 0 aliphatic carbocycles. The van der Waals surface area contributed by atoms with Gasteiger partial charge in [-0.25, -0.2) is 4.68 Å². The zero-order valence-electron chi connectivity index (χ0n) is 14.7. The zero-order valence-corrected chi connectivity index (χ0v) is 15.5. The number of hydrogen-bond acceptors (Lipinski definition) is 5. The number of rotatable bonds is 5. The van der Waals surface area contributed by atoms with Gasteiger partial charge in [0.15, 0.2) is 5.82 Å². The third-order valence-electron chi connectivity index (χ3n) is 4.13. The van der Waals surface area contributed by atoms with Gasteiger partial charge in [-0.3, -0.25) is 4.79 Å². The normalized spacial score (nSPS) is 11.8. The van der Waals surface area contributed by atoms with Crippen LogP contribution in [0.5, 0.6) is 0 Å². The number of hydrogen-bond donors (Lipinski definition) is 1. The molecule has 2 N–H and O–H groups in total. The summed E-state index contributed by atoms with van der Waals surface area (Å²) in [5.74, 6) is 7.34. The van der Waals surface area contributed by atoms with E-state index in [2.05, 4.69) is 34.5 Å². The first-order chi connectivity index (χ1) is 11.9. The van der Waals surface area contributed by atoms with E-state index in [1.807, 2.05) is 39.0 Å². The lowest BCUT2D eigenvalue weighted by Crippen LogP contribution is -2.22. The van der Waals surface area contributed by atoms with Gasteiger partial charge in [0, 0.05) is 11.8 Å². The van der Waals surface area contributed by atoms with Crippen molar-refractivity contribution in [3.63, 3.8) is 0 Å². The van der Waals surface area contributed by atoms with Gasteiger partial charge in [0.1, 0.15) is 5.78 Å². The van der Waals surface area contributed by atoms with Gasteiger partial charge < -0.3 is 5.84 Å². The molecule has 130 valence electrons. The summed E-state index contributed by atoms with van der Waals surface area (Å²) in [6.45, 7) is 5.74. The molecule has 0 saturated heterocycles. The van der Waals surface area contributed by atoms with E-state index in [1.165, 1.54) is 27.2 Å². The Morgan fingerprint density at radius 3 is 2.60 bits per heavy atom. The Labute approximate surface area is 151 Å². The SMILES string of the molecule is CC(C)(C)C(=O)CSc1nnc(Cc2cccc3ccccc23)n1N. The number of Topliss-reactive ketones (excluding diaryl/α,β-unsaturated/α-hetero) is 1. The van der Waals surface area contributed by atoms with Gasteiger partial charge in [-0.2, -0.15) is 0 Å². The van der Waals surface area contributed by atoms with Crippen molar-refractivity contribution in [1.29, 1.82) is 0 Å². The van der Waals surface area contributed by atoms with Crippen molar-refractivity contribution in [2.24, 2.45) is 5.41 Å². The Morgan fingerprint density at radius 1 is 1.12 bits per heavy atom. The number of nitrogens with zero attached hydrogens (tertiary/aromatic N) is 3. The fraction of sp³-hybridized carbons (Fsp3) is 0.316. The maximum atomic E-state index is 12.1. The standard InChI is InChI=1S/C19H22N4OS/c1-19(2,3)16(24)12-25-18-22-21-17(23(18)20)11-14-9-6-8-13-7-4-5-10-15(13)14/h4-10H,11-12,20H2,1-3H3. The molecule has 0 spiro atoms. The van der Waals surface area contributed by atoms with Crippen molar-refractivity contribution in [2.75, 3.05) is 11.6 Å². The number of aromatic nitrogens is 3. The minimum atomic E-state index is -0.363. The summed E-state index contributed by atoms with van der Waals surface area (Å²) in [5, 5.41) is 11.3. The van der Waals surface area contributed by atoms with Gasteiger partial charge >= 0.3 is 0 Å². The highest BCUT2D eigenvalue weighted by Crippen LogP contribution is 2.24. The van der Waals surface area contributed by atoms with E-state index in [-0.39, 0.29) is 11.2 Å². The van der Waals surface area contributed by atoms with Gasteiger partial charge in [0.05, 0.1) is 5.75 Å². The van der Waals surface area contributed by atoms with Crippen LogP contribution in [0.1, 0.15) is 32.2 Å². The van der Waals surface area contributed by atoms with Gasteiger partial charge in [-0.15, -0.1) is 10.2 Å². The molecule has 0 fully saturated rings. The summed E-state index contributed by atoms with van der Waals surface area (Å²) in [4.78, 5) is 12.1. The molecule has 1 heterocycles. The third kappa shape index (κ3) is 3.85. The molecule has 3 rings (SSSR count). The molecule has 0 radical (unpaired) electrons. The number of thioether (sulfide) groups is 1. The molecule has 0 bridgehead atoms. The van der Waals surface area contributed by atoms with Crippen molar-refractivity contribution in [1.82, 2.24) is 14.9 Å². The summed E-state index contributed by atoms with van der Waals surface area (Å²) < 4.78 is 1.49. The van der Waals surface area contributed by atoms with Gasteiger partial charge in [-0.1, -0.05) is 75.0 Å². The van der Waals surface area contributed by atoms with Gasteiger partial charge in [0.25, 0.3) is 0 Å². The lowest BCUT2D eigenvalue weighted by atomic mass is 9.92. The first-order valence-corrected chi connectivity index (χ1v) is 9.17. The lowest BCUT2D eigenvalue weighted by molar-refractivity contribution is -0.123. The van der Waals surface area contributed by atoms with E-state index >= 15 is 0 Å². The number of nitrogen functional groups attached to an aromatic ring is 1. The number of benzene rings is 2. The fourth-order valence-electron chi connectivity index (χ4n) is 2.49. The van der Waals surface area contributed by atoms with Crippen LogP contribution < -0.4 is 5.84 Å². The molecule has 6 heteroatoms. The second-order valence-corrected chi connectivity index (χ2v) is 7.99. The molecular formula is C19H22N4OS. The van der Waals surface area contributed by atoms with Crippen molar-refractivity contribution < 1.29 is 4.79 Å². The molecular weight excluding hydrogens is 332 g/mol. The molecule has 0 atom stereocenters. The molecule has 3 aromatic rings. The predicted octanol–water partition coefficient (Wildman–Crippen LogP) is 3.44. The smallest absolute Gasteiger partial charge is 0.210 e. The first kappa shape index (κ1) is 17.5. The highest BCUT2D eigenvalue weighted by molar-refractivity contribution is 7.99. The second-order valence-electron chi connectivity index (χ2n) is 7.05. The highest BCUT2D eigenvalue weighted by Gasteiger charge is 2.22. The van der Waals surface area contributed by atoms with Crippen LogP contribution in [0.4, 0.5) is 0 Å². The monoisotopic (exact) mass is 354 g/mol. The number of ketones is 1. The Balaban J connectivity index is 1.78. The fourth-order valence-corrected chi connectivity index (χ4v) is 3.53. The van der Waals surface area contributed by atoms with E-state index in [0.717, 1.165) is 5.56 Å². The molecule has 0 amide bonds.